The van der Waals surface area contributed by atoms with Gasteiger partial charge in [-0.05, 0) is 142 Å². The maximum atomic E-state index is 13.0. The average Bonchev–Trinajstić information content (AvgIpc) is 3.20. The molecule has 0 aliphatic heterocycles. The second-order valence-corrected chi connectivity index (χ2v) is 14.4. The zero-order valence-electron chi connectivity index (χ0n) is 24.6. The number of halogens is 5. The van der Waals surface area contributed by atoms with Crippen LogP contribution in [0, 0.1) is 23.2 Å². The molecule has 1 aromatic carbocycles. The topological polar surface area (TPSA) is 43.7 Å². The number of unbranched alkanes of at least 4 members (excludes halogenated alkanes) is 2. The number of phenolic OH excluding ortho intramolecular Hbond substituents is 1. The van der Waals surface area contributed by atoms with Gasteiger partial charge in [-0.15, -0.1) is 0 Å². The van der Waals surface area contributed by atoms with Crippen LogP contribution in [0.25, 0.3) is 0 Å². The Hall–Kier alpha value is -1.06. The van der Waals surface area contributed by atoms with Gasteiger partial charge in [0.15, 0.2) is 0 Å². The molecule has 2 N–H and O–H groups in total. The number of aryl methyl sites for hydroxylation is 1. The second-order valence-electron chi connectivity index (χ2n) is 13.2. The number of hydrogen-bond acceptors (Lipinski definition) is 4. The number of nitrogens with zero attached hydrogens (tertiary/aromatic N) is 1. The number of thioether (sulfide) groups is 1. The Bertz CT molecular complexity index is 991. The van der Waals surface area contributed by atoms with E-state index in [-0.39, 0.29) is 17.9 Å². The monoisotopic (exact) mass is 605 g/mol. The number of aromatic hydroxyl groups is 1. The van der Waals surface area contributed by atoms with E-state index in [1.807, 2.05) is 12.1 Å². The molecule has 3 aliphatic rings. The van der Waals surface area contributed by atoms with Crippen molar-refractivity contribution >= 4 is 11.8 Å². The fourth-order valence-corrected chi connectivity index (χ4v) is 9.17. The van der Waals surface area contributed by atoms with Crippen molar-refractivity contribution in [3.05, 3.63) is 29.3 Å². The van der Waals surface area contributed by atoms with Gasteiger partial charge in [-0.1, -0.05) is 25.8 Å². The molecule has 0 saturated heterocycles. The Morgan fingerprint density at radius 1 is 0.976 bits per heavy atom. The van der Waals surface area contributed by atoms with Crippen molar-refractivity contribution in [2.24, 2.45) is 23.2 Å². The van der Waals surface area contributed by atoms with Crippen molar-refractivity contribution in [1.29, 1.82) is 0 Å². The summed E-state index contributed by atoms with van der Waals surface area (Å²) in [7, 11) is 2.08. The molecule has 5 unspecified atom stereocenters. The number of benzene rings is 1. The molecule has 4 rings (SSSR count). The van der Waals surface area contributed by atoms with Crippen LogP contribution in [0.15, 0.2) is 18.2 Å². The first kappa shape index (κ1) is 32.8. The smallest absolute Gasteiger partial charge is 0.453 e. The molecule has 9 heteroatoms. The first-order valence-electron chi connectivity index (χ1n) is 15.5. The summed E-state index contributed by atoms with van der Waals surface area (Å²) in [5, 5.41) is 21.1. The van der Waals surface area contributed by atoms with E-state index >= 15 is 0 Å². The fraction of sp³-hybridized carbons (Fsp3) is 0.812. The zero-order valence-corrected chi connectivity index (χ0v) is 25.4. The van der Waals surface area contributed by atoms with E-state index in [9.17, 15) is 32.2 Å². The molecular formula is C32H48F5NO2S. The van der Waals surface area contributed by atoms with Crippen LogP contribution >= 0.6 is 11.8 Å². The van der Waals surface area contributed by atoms with Gasteiger partial charge in [-0.2, -0.15) is 33.7 Å². The highest BCUT2D eigenvalue weighted by atomic mass is 32.2. The Morgan fingerprint density at radius 3 is 2.46 bits per heavy atom. The number of aliphatic hydroxyl groups excluding tert-OH is 1. The van der Waals surface area contributed by atoms with Crippen LogP contribution < -0.4 is 0 Å². The van der Waals surface area contributed by atoms with E-state index in [2.05, 4.69) is 24.9 Å². The first-order valence-corrected chi connectivity index (χ1v) is 16.7. The summed E-state index contributed by atoms with van der Waals surface area (Å²) in [6, 6.07) is 5.96. The summed E-state index contributed by atoms with van der Waals surface area (Å²) >= 11 is 1.45. The second kappa shape index (κ2) is 13.7. The maximum absolute atomic E-state index is 13.0. The van der Waals surface area contributed by atoms with Crippen LogP contribution in [-0.4, -0.2) is 65.0 Å². The standard InChI is InChI=1S/C32H48F5NO2S/c1-30-21-23(29-25-12-10-24(39)20-22(25)9-11-26(29)27(30)13-14-28(30)40)8-4-3-5-16-38(2)17-7-19-41-18-6-15-31(33,34)32(35,36)37/h10,12,20,23,26-29,39-40H,3-9,11,13-19,21H2,1-2H3/t23-,26?,27?,28?,29?,30?/m0/s1. The molecule has 41 heavy (non-hydrogen) atoms. The Balaban J connectivity index is 1.17. The molecule has 3 aliphatic carbocycles. The third-order valence-electron chi connectivity index (χ3n) is 10.4. The van der Waals surface area contributed by atoms with Gasteiger partial charge in [-0.3, -0.25) is 0 Å². The molecule has 0 amide bonds. The van der Waals surface area contributed by atoms with Crippen molar-refractivity contribution < 1.29 is 32.2 Å². The predicted molar refractivity (Wildman–Crippen MR) is 156 cm³/mol. The molecule has 0 aromatic heterocycles. The number of hydrogen-bond donors (Lipinski definition) is 2. The quantitative estimate of drug-likeness (QED) is 0.165. The molecule has 3 nitrogen and oxygen atoms in total. The minimum atomic E-state index is -5.45. The van der Waals surface area contributed by atoms with Crippen LogP contribution in [0.4, 0.5) is 22.0 Å². The highest BCUT2D eigenvalue weighted by molar-refractivity contribution is 7.99. The van der Waals surface area contributed by atoms with Gasteiger partial charge in [0, 0.05) is 6.42 Å². The van der Waals surface area contributed by atoms with Gasteiger partial charge in [0.05, 0.1) is 6.10 Å². The van der Waals surface area contributed by atoms with E-state index in [0.29, 0.717) is 35.2 Å². The van der Waals surface area contributed by atoms with Crippen LogP contribution in [-0.2, 0) is 6.42 Å². The van der Waals surface area contributed by atoms with Crippen molar-refractivity contribution in [1.82, 2.24) is 4.90 Å². The van der Waals surface area contributed by atoms with Crippen molar-refractivity contribution in [3.8, 4) is 5.75 Å². The number of aliphatic hydroxyl groups is 1. The highest BCUT2D eigenvalue weighted by Crippen LogP contribution is 2.63. The molecule has 0 bridgehead atoms. The van der Waals surface area contributed by atoms with Crippen LogP contribution in [0.2, 0.25) is 0 Å². The van der Waals surface area contributed by atoms with E-state index < -0.39 is 18.5 Å². The van der Waals surface area contributed by atoms with Gasteiger partial charge in [0.2, 0.25) is 0 Å². The molecule has 1 aromatic rings. The summed E-state index contributed by atoms with van der Waals surface area (Å²) in [4.78, 5) is 2.28. The molecule has 234 valence electrons. The lowest BCUT2D eigenvalue weighted by Crippen LogP contribution is -2.47. The van der Waals surface area contributed by atoms with Gasteiger partial charge < -0.3 is 15.1 Å². The molecule has 6 atom stereocenters. The number of alkyl halides is 5. The van der Waals surface area contributed by atoms with Crippen LogP contribution in [0.5, 0.6) is 5.75 Å². The molecular weight excluding hydrogens is 557 g/mol. The maximum Gasteiger partial charge on any atom is 0.453 e. The Morgan fingerprint density at radius 2 is 1.71 bits per heavy atom. The summed E-state index contributed by atoms with van der Waals surface area (Å²) in [5.74, 6) is -0.908. The average molecular weight is 606 g/mol. The van der Waals surface area contributed by atoms with Gasteiger partial charge in [-0.25, -0.2) is 0 Å². The molecule has 0 radical (unpaired) electrons. The zero-order chi connectivity index (χ0) is 29.8. The van der Waals surface area contributed by atoms with Gasteiger partial charge in [0.1, 0.15) is 5.75 Å². The Labute approximate surface area is 246 Å². The predicted octanol–water partition coefficient (Wildman–Crippen LogP) is 8.43. The van der Waals surface area contributed by atoms with Crippen LogP contribution in [0.1, 0.15) is 94.6 Å². The van der Waals surface area contributed by atoms with Crippen molar-refractivity contribution in [2.75, 3.05) is 31.6 Å². The lowest BCUT2D eigenvalue weighted by molar-refractivity contribution is -0.284. The number of phenols is 1. The highest BCUT2D eigenvalue weighted by Gasteiger charge is 2.57. The largest absolute Gasteiger partial charge is 0.508 e. The van der Waals surface area contributed by atoms with Crippen LogP contribution in [0.3, 0.4) is 0 Å². The lowest BCUT2D eigenvalue weighted by atomic mass is 9.51. The van der Waals surface area contributed by atoms with Crippen molar-refractivity contribution in [2.45, 2.75) is 108 Å². The SMILES string of the molecule is CN(CCCCC[C@H]1CC2(C)C(O)CCC2C2CCc3cc(O)ccc3C21)CCCSCCCC(F)(F)C(F)(F)F. The third kappa shape index (κ3) is 7.72. The fourth-order valence-electron chi connectivity index (χ4n) is 8.28. The van der Waals surface area contributed by atoms with E-state index in [0.717, 1.165) is 83.1 Å². The number of rotatable bonds is 14. The molecule has 0 heterocycles. The first-order chi connectivity index (χ1) is 19.3. The van der Waals surface area contributed by atoms with Gasteiger partial charge in [0.25, 0.3) is 0 Å². The molecule has 0 spiro atoms. The third-order valence-corrected chi connectivity index (χ3v) is 11.6. The minimum absolute atomic E-state index is 0.0116. The molecule has 2 saturated carbocycles. The molecule has 2 fully saturated rings. The minimum Gasteiger partial charge on any atom is -0.508 e. The van der Waals surface area contributed by atoms with E-state index in [1.165, 1.54) is 22.9 Å². The Kier molecular flexibility index (Phi) is 11.0. The summed E-state index contributed by atoms with van der Waals surface area (Å²) in [6.07, 6.45) is 3.79. The van der Waals surface area contributed by atoms with Gasteiger partial charge >= 0.3 is 12.1 Å². The summed E-state index contributed by atoms with van der Waals surface area (Å²) < 4.78 is 62.6. The lowest BCUT2D eigenvalue weighted by Gasteiger charge is -2.54. The normalized spacial score (nSPS) is 29.8. The summed E-state index contributed by atoms with van der Waals surface area (Å²) in [5.41, 5.74) is 2.74. The number of fused-ring (bicyclic) bond motifs is 5. The van der Waals surface area contributed by atoms with E-state index in [1.54, 1.807) is 0 Å². The van der Waals surface area contributed by atoms with E-state index in [4.69, 9.17) is 0 Å². The van der Waals surface area contributed by atoms with Crippen molar-refractivity contribution in [3.63, 3.8) is 0 Å². The summed E-state index contributed by atoms with van der Waals surface area (Å²) in [6.45, 7) is 4.20.